The van der Waals surface area contributed by atoms with Crippen molar-refractivity contribution in [2.45, 2.75) is 43.9 Å². The molecule has 0 saturated heterocycles. The number of hydrogen-bond donors (Lipinski definition) is 0. The van der Waals surface area contributed by atoms with Gasteiger partial charge in [0.15, 0.2) is 0 Å². The van der Waals surface area contributed by atoms with Gasteiger partial charge in [-0.2, -0.15) is 0 Å². The van der Waals surface area contributed by atoms with E-state index in [1.54, 1.807) is 36.0 Å². The number of thiophene rings is 1. The first-order chi connectivity index (χ1) is 27.1. The highest BCUT2D eigenvalue weighted by Gasteiger charge is 2.87. The molecule has 3 heteroatoms. The van der Waals surface area contributed by atoms with E-state index in [0.717, 1.165) is 131 Å². The molecule has 1 heterocycles. The largest absolute Gasteiger partial charge is 0.465 e. The summed E-state index contributed by atoms with van der Waals surface area (Å²) in [5.74, 6) is 19.9. The number of methoxy groups -OCH3 is 1. The second-order valence-corrected chi connectivity index (χ2v) is 23.8. The highest BCUT2D eigenvalue weighted by atomic mass is 32.1. The maximum atomic E-state index is 13.1. The average Bonchev–Trinajstić information content (AvgIpc) is 4.05. The second kappa shape index (κ2) is 8.32. The monoisotopic (exact) mass is 736 g/mol. The molecule has 11 fully saturated rings. The van der Waals surface area contributed by atoms with E-state index >= 15 is 0 Å². The summed E-state index contributed by atoms with van der Waals surface area (Å²) < 4.78 is 5.33. The molecule has 0 radical (unpaired) electrons. The first-order valence-electron chi connectivity index (χ1n) is 22.9. The summed E-state index contributed by atoms with van der Waals surface area (Å²) in [5, 5.41) is 2.41. The minimum absolute atomic E-state index is 0.0490. The minimum Gasteiger partial charge on any atom is -0.465 e. The molecule has 0 amide bonds. The number of allylic oxidation sites excluding steroid dienone is 10. The molecule has 274 valence electrons. The van der Waals surface area contributed by atoms with Gasteiger partial charge in [0.1, 0.15) is 0 Å². The van der Waals surface area contributed by atoms with E-state index in [1.165, 1.54) is 18.4 Å². The quantitative estimate of drug-likeness (QED) is 0.231. The third-order valence-corrected chi connectivity index (χ3v) is 23.9. The van der Waals surface area contributed by atoms with Crippen molar-refractivity contribution in [2.75, 3.05) is 7.11 Å². The molecule has 0 spiro atoms. The molecular weight excluding hydrogens is 689 g/mol. The molecular formula is C52H48O2S. The molecule has 18 rings (SSSR count). The van der Waals surface area contributed by atoms with Gasteiger partial charge in [0.2, 0.25) is 0 Å². The fourth-order valence-electron chi connectivity index (χ4n) is 23.6. The molecule has 16 aliphatic rings. The lowest BCUT2D eigenvalue weighted by Gasteiger charge is -2.61. The molecule has 0 bridgehead atoms. The van der Waals surface area contributed by atoms with Crippen LogP contribution in [0.1, 0.15) is 52.9 Å². The number of ether oxygens (including phenoxy) is 1. The minimum atomic E-state index is -0.190. The number of carbonyl (C=O) groups is 1. The molecule has 24 atom stereocenters. The highest BCUT2D eigenvalue weighted by molar-refractivity contribution is 7.10. The van der Waals surface area contributed by atoms with E-state index in [1.807, 2.05) is 22.8 Å². The zero-order valence-corrected chi connectivity index (χ0v) is 32.3. The van der Waals surface area contributed by atoms with E-state index in [2.05, 4.69) is 76.9 Å². The van der Waals surface area contributed by atoms with Crippen LogP contribution in [-0.2, 0) is 16.6 Å². The standard InChI is InChI=1S/C52H48O2S/c1-54-50(53)20-5-2-4-19(8-20)16-52-28-15-26-13-24-11-22-9-21-10-23-12-25-14-27-17-51(18-28,29-6-3-7-55-29)48-45-35(27)32(25)37-33(23)36-30(21)31(22)38-34(24)44(47(26)52)42-41(38)39(36)40(37)43(45)46(42)49(48)52/h2-8,11,13,17-18,21,23-25,30-43,45-46,48-49H,9-10,12,14-16H2,1H3. The molecule has 0 N–H and O–H groups in total. The van der Waals surface area contributed by atoms with Gasteiger partial charge >= 0.3 is 5.97 Å². The molecule has 1 aromatic heterocycles. The van der Waals surface area contributed by atoms with Crippen LogP contribution in [0.15, 0.2) is 99.5 Å². The van der Waals surface area contributed by atoms with E-state index in [9.17, 15) is 4.79 Å². The Morgan fingerprint density at radius 1 is 0.745 bits per heavy atom. The van der Waals surface area contributed by atoms with E-state index in [-0.39, 0.29) is 16.8 Å². The topological polar surface area (TPSA) is 26.3 Å². The van der Waals surface area contributed by atoms with Crippen LogP contribution in [0.3, 0.4) is 0 Å². The maximum absolute atomic E-state index is 13.1. The van der Waals surface area contributed by atoms with Crippen molar-refractivity contribution in [3.05, 3.63) is 116 Å². The number of hydrogen-bond acceptors (Lipinski definition) is 3. The van der Waals surface area contributed by atoms with Gasteiger partial charge in [0.05, 0.1) is 12.7 Å². The Kier molecular flexibility index (Phi) is 4.31. The third kappa shape index (κ3) is 2.52. The Balaban J connectivity index is 1.01. The summed E-state index contributed by atoms with van der Waals surface area (Å²) >= 11 is 2.09. The van der Waals surface area contributed by atoms with Crippen molar-refractivity contribution in [3.63, 3.8) is 0 Å². The molecule has 2 aromatic rings. The van der Waals surface area contributed by atoms with Crippen LogP contribution in [0.4, 0.5) is 0 Å². The average molecular weight is 737 g/mol. The number of esters is 1. The predicted molar refractivity (Wildman–Crippen MR) is 209 cm³/mol. The predicted octanol–water partition coefficient (Wildman–Crippen LogP) is 9.73. The van der Waals surface area contributed by atoms with Crippen LogP contribution in [0.2, 0.25) is 0 Å². The lowest BCUT2D eigenvalue weighted by Crippen LogP contribution is -2.58. The van der Waals surface area contributed by atoms with Crippen LogP contribution in [0.5, 0.6) is 0 Å². The van der Waals surface area contributed by atoms with Crippen LogP contribution >= 0.6 is 11.3 Å². The van der Waals surface area contributed by atoms with Gasteiger partial charge in [0.25, 0.3) is 0 Å². The van der Waals surface area contributed by atoms with E-state index in [4.69, 9.17) is 4.74 Å². The molecule has 24 unspecified atom stereocenters. The van der Waals surface area contributed by atoms with Crippen LogP contribution in [0, 0.1) is 136 Å². The Hall–Kier alpha value is -2.91. The normalized spacial score (nSPS) is 60.4. The summed E-state index contributed by atoms with van der Waals surface area (Å²) in [5.41, 5.74) is 13.7. The number of benzene rings is 1. The highest BCUT2D eigenvalue weighted by Crippen LogP contribution is 2.92. The van der Waals surface area contributed by atoms with Crippen molar-refractivity contribution < 1.29 is 9.53 Å². The van der Waals surface area contributed by atoms with E-state index < -0.39 is 0 Å². The molecule has 55 heavy (non-hydrogen) atoms. The SMILES string of the molecule is COC(=O)c1cccc(CC23C4=CC5(c6cccs6)C=C6CC7CC8CC9CC%10=CC%11C=C(C4)C2=C2C%11C4C%10C9C9C8C8C7C6C6C7C8C9C4C2C7C3C65)c1. The van der Waals surface area contributed by atoms with Gasteiger partial charge in [-0.25, -0.2) is 4.79 Å². The summed E-state index contributed by atoms with van der Waals surface area (Å²) in [6.07, 6.45) is 20.3. The molecule has 11 saturated carbocycles. The van der Waals surface area contributed by atoms with Crippen molar-refractivity contribution in [2.24, 2.45) is 136 Å². The van der Waals surface area contributed by atoms with Gasteiger partial charge in [-0.15, -0.1) is 11.3 Å². The van der Waals surface area contributed by atoms with Crippen LogP contribution in [-0.4, -0.2) is 13.1 Å². The zero-order valence-electron chi connectivity index (χ0n) is 31.5. The zero-order chi connectivity index (χ0) is 34.9. The van der Waals surface area contributed by atoms with Gasteiger partial charge in [-0.1, -0.05) is 64.8 Å². The Labute approximate surface area is 327 Å². The van der Waals surface area contributed by atoms with Crippen LogP contribution in [0.25, 0.3) is 0 Å². The lowest BCUT2D eigenvalue weighted by atomic mass is 9.42. The fourth-order valence-corrected chi connectivity index (χ4v) is 24.5. The molecule has 16 aliphatic carbocycles. The first-order valence-corrected chi connectivity index (χ1v) is 23.8. The lowest BCUT2D eigenvalue weighted by molar-refractivity contribution is -0.123. The van der Waals surface area contributed by atoms with Gasteiger partial charge in [0, 0.05) is 21.6 Å². The number of rotatable bonds is 4. The summed E-state index contributed by atoms with van der Waals surface area (Å²) in [4.78, 5) is 14.7. The van der Waals surface area contributed by atoms with Gasteiger partial charge < -0.3 is 4.74 Å². The molecule has 0 aliphatic heterocycles. The smallest absolute Gasteiger partial charge is 0.337 e. The van der Waals surface area contributed by atoms with Crippen LogP contribution < -0.4 is 0 Å². The second-order valence-electron chi connectivity index (χ2n) is 22.9. The summed E-state index contributed by atoms with van der Waals surface area (Å²) in [6, 6.07) is 13.8. The van der Waals surface area contributed by atoms with Crippen molar-refractivity contribution in [1.29, 1.82) is 0 Å². The van der Waals surface area contributed by atoms with E-state index in [0.29, 0.717) is 17.8 Å². The van der Waals surface area contributed by atoms with Crippen molar-refractivity contribution in [1.82, 2.24) is 0 Å². The third-order valence-electron chi connectivity index (χ3n) is 22.8. The van der Waals surface area contributed by atoms with Gasteiger partial charge in [-0.3, -0.25) is 0 Å². The Morgan fingerprint density at radius 3 is 2.36 bits per heavy atom. The number of carbonyl (C=O) groups excluding carboxylic acids is 1. The Morgan fingerprint density at radius 2 is 1.53 bits per heavy atom. The van der Waals surface area contributed by atoms with Gasteiger partial charge in [-0.05, 0) is 203 Å². The maximum Gasteiger partial charge on any atom is 0.337 e. The molecule has 1 aromatic carbocycles. The summed E-state index contributed by atoms with van der Waals surface area (Å²) in [6.45, 7) is 0. The Bertz CT molecular complexity index is 2490. The molecule has 2 nitrogen and oxygen atoms in total. The fraction of sp³-hybridized carbons (Fsp3) is 0.596. The van der Waals surface area contributed by atoms with Crippen molar-refractivity contribution in [3.8, 4) is 0 Å². The van der Waals surface area contributed by atoms with Crippen molar-refractivity contribution >= 4 is 17.3 Å². The first kappa shape index (κ1) is 28.5. The summed E-state index contributed by atoms with van der Waals surface area (Å²) in [7, 11) is 1.55.